The van der Waals surface area contributed by atoms with Gasteiger partial charge in [0.2, 0.25) is 0 Å². The fraction of sp³-hybridized carbons (Fsp3) is 0.750. The first kappa shape index (κ1) is 19.5. The highest BCUT2D eigenvalue weighted by Crippen LogP contribution is 2.15. The molecule has 0 saturated heterocycles. The second-order valence-electron chi connectivity index (χ2n) is 4.55. The number of carbonyl (C=O) groups excluding carboxylic acids is 2. The van der Waals surface area contributed by atoms with E-state index in [2.05, 4.69) is 30.6 Å². The summed E-state index contributed by atoms with van der Waals surface area (Å²) in [5, 5.41) is 0. The Morgan fingerprint density at radius 1 is 1.00 bits per heavy atom. The fourth-order valence-corrected chi connectivity index (χ4v) is 1.82. The molecule has 0 radical (unpaired) electrons. The Labute approximate surface area is 128 Å². The van der Waals surface area contributed by atoms with Gasteiger partial charge in [0.1, 0.15) is 0 Å². The maximum absolute atomic E-state index is 11.9. The summed E-state index contributed by atoms with van der Waals surface area (Å²) >= 11 is 0. The molecule has 0 amide bonds. The van der Waals surface area contributed by atoms with E-state index in [1.165, 1.54) is 0 Å². The van der Waals surface area contributed by atoms with Crippen LogP contribution in [0.15, 0.2) is 0 Å². The molecule has 5 heteroatoms. The Morgan fingerprint density at radius 3 is 1.86 bits per heavy atom. The third kappa shape index (κ3) is 7.14. The lowest BCUT2D eigenvalue weighted by Gasteiger charge is -2.17. The molecule has 0 heterocycles. The number of hydrogen-bond acceptors (Lipinski definition) is 5. The summed E-state index contributed by atoms with van der Waals surface area (Å²) in [5.41, 5.74) is 0. The van der Waals surface area contributed by atoms with Gasteiger partial charge in [0.25, 0.3) is 0 Å². The van der Waals surface area contributed by atoms with Gasteiger partial charge in [-0.3, -0.25) is 14.5 Å². The second-order valence-corrected chi connectivity index (χ2v) is 4.55. The van der Waals surface area contributed by atoms with Crippen molar-refractivity contribution >= 4 is 11.9 Å². The van der Waals surface area contributed by atoms with Crippen LogP contribution in [0.4, 0.5) is 0 Å². The number of hydrogen-bond donors (Lipinski definition) is 0. The molecule has 21 heavy (non-hydrogen) atoms. The van der Waals surface area contributed by atoms with Gasteiger partial charge in [0, 0.05) is 5.92 Å². The molecule has 0 bridgehead atoms. The van der Waals surface area contributed by atoms with Crippen molar-refractivity contribution in [2.45, 2.75) is 34.6 Å². The van der Waals surface area contributed by atoms with E-state index in [-0.39, 0.29) is 13.2 Å². The van der Waals surface area contributed by atoms with Gasteiger partial charge in [-0.05, 0) is 33.9 Å². The molecular formula is C16H27NO4. The second kappa shape index (κ2) is 11.2. The lowest BCUT2D eigenvalue weighted by atomic mass is 9.94. The van der Waals surface area contributed by atoms with Crippen molar-refractivity contribution in [3.63, 3.8) is 0 Å². The summed E-state index contributed by atoms with van der Waals surface area (Å²) in [4.78, 5) is 26.0. The highest BCUT2D eigenvalue weighted by atomic mass is 16.6. The zero-order valence-corrected chi connectivity index (χ0v) is 13.8. The molecule has 0 N–H and O–H groups in total. The molecule has 0 fully saturated rings. The molecule has 120 valence electrons. The third-order valence-electron chi connectivity index (χ3n) is 3.11. The number of carbonyl (C=O) groups is 2. The van der Waals surface area contributed by atoms with Crippen molar-refractivity contribution in [2.75, 3.05) is 32.8 Å². The molecule has 0 aliphatic carbocycles. The minimum absolute atomic E-state index is 0.230. The molecule has 5 nitrogen and oxygen atoms in total. The lowest BCUT2D eigenvalue weighted by molar-refractivity contribution is -0.163. The van der Waals surface area contributed by atoms with Crippen LogP contribution in [0.3, 0.4) is 0 Å². The van der Waals surface area contributed by atoms with Crippen LogP contribution < -0.4 is 0 Å². The van der Waals surface area contributed by atoms with Crippen molar-refractivity contribution in [1.82, 2.24) is 4.90 Å². The lowest BCUT2D eigenvalue weighted by Crippen LogP contribution is -2.33. The number of nitrogens with zero attached hydrogens (tertiary/aromatic N) is 1. The first-order chi connectivity index (χ1) is 10.0. The highest BCUT2D eigenvalue weighted by Gasteiger charge is 2.34. The SMILES string of the molecule is CCOC(=O)C(C(=O)OCC)[C@H](C)C#CCN(CC)CC. The minimum Gasteiger partial charge on any atom is -0.465 e. The van der Waals surface area contributed by atoms with Crippen molar-refractivity contribution in [1.29, 1.82) is 0 Å². The summed E-state index contributed by atoms with van der Waals surface area (Å²) in [6.07, 6.45) is 0. The minimum atomic E-state index is -0.978. The first-order valence-electron chi connectivity index (χ1n) is 7.55. The first-order valence-corrected chi connectivity index (χ1v) is 7.55. The molecule has 1 atom stereocenters. The molecule has 0 rings (SSSR count). The van der Waals surface area contributed by atoms with Gasteiger partial charge in [0.05, 0.1) is 19.8 Å². The van der Waals surface area contributed by atoms with Crippen molar-refractivity contribution in [3.05, 3.63) is 0 Å². The average molecular weight is 297 g/mol. The van der Waals surface area contributed by atoms with E-state index in [9.17, 15) is 9.59 Å². The van der Waals surface area contributed by atoms with Gasteiger partial charge < -0.3 is 9.47 Å². The van der Waals surface area contributed by atoms with Gasteiger partial charge in [0.15, 0.2) is 5.92 Å². The van der Waals surface area contributed by atoms with Crippen LogP contribution in [-0.2, 0) is 19.1 Å². The summed E-state index contributed by atoms with van der Waals surface area (Å²) in [7, 11) is 0. The number of ether oxygens (including phenoxy) is 2. The van der Waals surface area contributed by atoms with Crippen LogP contribution >= 0.6 is 0 Å². The molecule has 0 aliphatic rings. The number of rotatable bonds is 8. The van der Waals surface area contributed by atoms with Gasteiger partial charge in [-0.15, -0.1) is 0 Å². The number of esters is 2. The van der Waals surface area contributed by atoms with E-state index in [1.54, 1.807) is 20.8 Å². The maximum atomic E-state index is 11.9. The quantitative estimate of drug-likeness (QED) is 0.388. The summed E-state index contributed by atoms with van der Waals surface area (Å²) in [6, 6.07) is 0. The standard InChI is InChI=1S/C16H27NO4/c1-6-17(7-2)12-10-11-13(5)14(15(18)20-8-3)16(19)21-9-4/h13-14H,6-9,12H2,1-5H3/t13-/m1/s1. The molecular weight excluding hydrogens is 270 g/mol. The van der Waals surface area contributed by atoms with E-state index in [1.807, 2.05) is 0 Å². The zero-order valence-electron chi connectivity index (χ0n) is 13.8. The molecule has 0 aromatic rings. The Morgan fingerprint density at radius 2 is 1.48 bits per heavy atom. The van der Waals surface area contributed by atoms with Crippen LogP contribution in [0.2, 0.25) is 0 Å². The van der Waals surface area contributed by atoms with Gasteiger partial charge in [-0.1, -0.05) is 25.7 Å². The average Bonchev–Trinajstić information content (AvgIpc) is 2.44. The highest BCUT2D eigenvalue weighted by molar-refractivity contribution is 5.95. The largest absolute Gasteiger partial charge is 0.465 e. The molecule has 0 aromatic heterocycles. The Hall–Kier alpha value is -1.54. The monoisotopic (exact) mass is 297 g/mol. The Kier molecular flexibility index (Phi) is 10.3. The Balaban J connectivity index is 4.86. The summed E-state index contributed by atoms with van der Waals surface area (Å²) in [6.45, 7) is 12.2. The van der Waals surface area contributed by atoms with Crippen LogP contribution in [0.1, 0.15) is 34.6 Å². The normalized spacial score (nSPS) is 11.8. The van der Waals surface area contributed by atoms with Crippen LogP contribution in [0.5, 0.6) is 0 Å². The molecule has 0 aromatic carbocycles. The van der Waals surface area contributed by atoms with Gasteiger partial charge in [-0.25, -0.2) is 0 Å². The molecule has 0 spiro atoms. The van der Waals surface area contributed by atoms with E-state index in [0.29, 0.717) is 6.54 Å². The predicted octanol–water partition coefficient (Wildman–Crippen LogP) is 1.71. The maximum Gasteiger partial charge on any atom is 0.321 e. The van der Waals surface area contributed by atoms with Crippen LogP contribution in [-0.4, -0.2) is 49.7 Å². The zero-order chi connectivity index (χ0) is 16.3. The third-order valence-corrected chi connectivity index (χ3v) is 3.11. The fourth-order valence-electron chi connectivity index (χ4n) is 1.82. The molecule has 0 unspecified atom stereocenters. The van der Waals surface area contributed by atoms with E-state index >= 15 is 0 Å². The van der Waals surface area contributed by atoms with E-state index in [4.69, 9.17) is 9.47 Å². The van der Waals surface area contributed by atoms with Crippen molar-refractivity contribution in [2.24, 2.45) is 11.8 Å². The summed E-state index contributed by atoms with van der Waals surface area (Å²) < 4.78 is 9.89. The van der Waals surface area contributed by atoms with Gasteiger partial charge in [-0.2, -0.15) is 0 Å². The van der Waals surface area contributed by atoms with Crippen LogP contribution in [0.25, 0.3) is 0 Å². The van der Waals surface area contributed by atoms with Crippen molar-refractivity contribution < 1.29 is 19.1 Å². The topological polar surface area (TPSA) is 55.8 Å². The predicted molar refractivity (Wildman–Crippen MR) is 81.5 cm³/mol. The summed E-state index contributed by atoms with van der Waals surface area (Å²) in [5.74, 6) is 3.44. The van der Waals surface area contributed by atoms with E-state index < -0.39 is 23.8 Å². The molecule has 0 saturated carbocycles. The Bertz CT molecular complexity index is 361. The van der Waals surface area contributed by atoms with Crippen molar-refractivity contribution in [3.8, 4) is 11.8 Å². The molecule has 0 aliphatic heterocycles. The van der Waals surface area contributed by atoms with E-state index in [0.717, 1.165) is 13.1 Å². The smallest absolute Gasteiger partial charge is 0.321 e. The van der Waals surface area contributed by atoms with Gasteiger partial charge >= 0.3 is 11.9 Å². The van der Waals surface area contributed by atoms with Crippen LogP contribution in [0, 0.1) is 23.7 Å².